The quantitative estimate of drug-likeness (QED) is 0.812. The fourth-order valence-electron chi connectivity index (χ4n) is 2.99. The van der Waals surface area contributed by atoms with Crippen LogP contribution in [0.25, 0.3) is 0 Å². The summed E-state index contributed by atoms with van der Waals surface area (Å²) in [6.07, 6.45) is 1.92. The van der Waals surface area contributed by atoms with Crippen molar-refractivity contribution in [3.63, 3.8) is 0 Å². The van der Waals surface area contributed by atoms with Crippen LogP contribution in [0.1, 0.15) is 28.0 Å². The number of nitrogens with one attached hydrogen (secondary N) is 1. The minimum atomic E-state index is -0.165. The zero-order chi connectivity index (χ0) is 17.6. The van der Waals surface area contributed by atoms with Crippen LogP contribution in [0.5, 0.6) is 0 Å². The summed E-state index contributed by atoms with van der Waals surface area (Å²) < 4.78 is 0. The smallest absolute Gasteiger partial charge is 0.271 e. The lowest BCUT2D eigenvalue weighted by Gasteiger charge is -2.29. The van der Waals surface area contributed by atoms with Gasteiger partial charge in [-0.15, -0.1) is 10.2 Å². The lowest BCUT2D eigenvalue weighted by molar-refractivity contribution is 0.0946. The molecule has 0 atom stereocenters. The minimum Gasteiger partial charge on any atom is -0.351 e. The van der Waals surface area contributed by atoms with Crippen molar-refractivity contribution in [3.8, 4) is 0 Å². The molecule has 0 unspecified atom stereocenters. The Kier molecular flexibility index (Phi) is 5.60. The van der Waals surface area contributed by atoms with Gasteiger partial charge in [0.15, 0.2) is 11.5 Å². The van der Waals surface area contributed by atoms with Crippen LogP contribution < -0.4 is 10.2 Å². The molecule has 1 aliphatic rings. The number of carbonyl (C=O) groups is 1. The number of anilines is 1. The van der Waals surface area contributed by atoms with E-state index in [1.54, 1.807) is 6.07 Å². The number of carbonyl (C=O) groups excluding carboxylic acids is 1. The summed E-state index contributed by atoms with van der Waals surface area (Å²) in [5.74, 6) is 0.653. The van der Waals surface area contributed by atoms with Crippen LogP contribution in [0.2, 0.25) is 0 Å². The van der Waals surface area contributed by atoms with Crippen LogP contribution >= 0.6 is 0 Å². The zero-order valence-electron chi connectivity index (χ0n) is 14.9. The van der Waals surface area contributed by atoms with E-state index >= 15 is 0 Å². The van der Waals surface area contributed by atoms with E-state index in [9.17, 15) is 4.79 Å². The third-order valence-electron chi connectivity index (χ3n) is 4.41. The highest BCUT2D eigenvalue weighted by Gasteiger charge is 2.18. The Bertz CT molecular complexity index is 714. The maximum atomic E-state index is 12.1. The SMILES string of the molecule is CN(C)CCCNC(=O)c1ccc(N2CCc3ccccc3C2)nn1. The summed E-state index contributed by atoms with van der Waals surface area (Å²) in [7, 11) is 4.04. The van der Waals surface area contributed by atoms with Crippen LogP contribution in [0, 0.1) is 0 Å². The van der Waals surface area contributed by atoms with Crippen molar-refractivity contribution < 1.29 is 4.79 Å². The molecule has 0 saturated carbocycles. The number of aromatic nitrogens is 2. The van der Waals surface area contributed by atoms with Crippen molar-refractivity contribution in [2.24, 2.45) is 0 Å². The molecule has 1 N–H and O–H groups in total. The molecule has 1 aromatic heterocycles. The third-order valence-corrected chi connectivity index (χ3v) is 4.41. The fraction of sp³-hybridized carbons (Fsp3) is 0.421. The van der Waals surface area contributed by atoms with Crippen LogP contribution in [0.4, 0.5) is 5.82 Å². The highest BCUT2D eigenvalue weighted by atomic mass is 16.1. The third kappa shape index (κ3) is 4.54. The molecule has 0 aliphatic carbocycles. The second kappa shape index (κ2) is 8.07. The molecule has 6 nitrogen and oxygen atoms in total. The summed E-state index contributed by atoms with van der Waals surface area (Å²) in [6.45, 7) is 3.34. The van der Waals surface area contributed by atoms with E-state index < -0.39 is 0 Å². The van der Waals surface area contributed by atoms with Crippen molar-refractivity contribution in [2.75, 3.05) is 38.6 Å². The van der Waals surface area contributed by atoms with Gasteiger partial charge in [-0.25, -0.2) is 0 Å². The van der Waals surface area contributed by atoms with Gasteiger partial charge >= 0.3 is 0 Å². The molecule has 0 fully saturated rings. The molecule has 25 heavy (non-hydrogen) atoms. The number of rotatable bonds is 6. The van der Waals surface area contributed by atoms with E-state index in [1.165, 1.54) is 11.1 Å². The second-order valence-electron chi connectivity index (χ2n) is 6.63. The summed E-state index contributed by atoms with van der Waals surface area (Å²) >= 11 is 0. The standard InChI is InChI=1S/C19H25N5O/c1-23(2)12-5-11-20-19(25)17-8-9-18(22-21-17)24-13-10-15-6-3-4-7-16(15)14-24/h3-4,6-9H,5,10-14H2,1-2H3,(H,20,25). The summed E-state index contributed by atoms with van der Waals surface area (Å²) in [4.78, 5) is 16.4. The van der Waals surface area contributed by atoms with Crippen LogP contribution in [0.15, 0.2) is 36.4 Å². The summed E-state index contributed by atoms with van der Waals surface area (Å²) in [5.41, 5.74) is 3.10. The van der Waals surface area contributed by atoms with E-state index in [0.717, 1.165) is 38.3 Å². The summed E-state index contributed by atoms with van der Waals surface area (Å²) in [5, 5.41) is 11.3. The molecule has 2 aromatic rings. The average Bonchev–Trinajstić information content (AvgIpc) is 2.64. The first-order chi connectivity index (χ1) is 12.1. The van der Waals surface area contributed by atoms with Gasteiger partial charge in [0, 0.05) is 19.6 Å². The first kappa shape index (κ1) is 17.4. The molecule has 0 spiro atoms. The van der Waals surface area contributed by atoms with Crippen molar-refractivity contribution in [1.82, 2.24) is 20.4 Å². The fourth-order valence-corrected chi connectivity index (χ4v) is 2.99. The van der Waals surface area contributed by atoms with E-state index in [-0.39, 0.29) is 5.91 Å². The molecule has 132 valence electrons. The molecule has 0 radical (unpaired) electrons. The van der Waals surface area contributed by atoms with Gasteiger partial charge < -0.3 is 15.1 Å². The van der Waals surface area contributed by atoms with Gasteiger partial charge in [-0.3, -0.25) is 4.79 Å². The molecule has 6 heteroatoms. The van der Waals surface area contributed by atoms with Crippen molar-refractivity contribution >= 4 is 11.7 Å². The van der Waals surface area contributed by atoms with E-state index in [1.807, 2.05) is 20.2 Å². The van der Waals surface area contributed by atoms with Gasteiger partial charge in [0.25, 0.3) is 5.91 Å². The predicted molar refractivity (Wildman–Crippen MR) is 98.7 cm³/mol. The Hall–Kier alpha value is -2.47. The lowest BCUT2D eigenvalue weighted by atomic mass is 10.00. The first-order valence-electron chi connectivity index (χ1n) is 8.72. The monoisotopic (exact) mass is 339 g/mol. The normalized spacial score (nSPS) is 13.6. The number of hydrogen-bond acceptors (Lipinski definition) is 5. The topological polar surface area (TPSA) is 61.4 Å². The van der Waals surface area contributed by atoms with Crippen molar-refractivity contribution in [2.45, 2.75) is 19.4 Å². The molecule has 0 bridgehead atoms. The van der Waals surface area contributed by atoms with E-state index in [4.69, 9.17) is 0 Å². The number of hydrogen-bond donors (Lipinski definition) is 1. The number of fused-ring (bicyclic) bond motifs is 1. The summed E-state index contributed by atoms with van der Waals surface area (Å²) in [6, 6.07) is 12.1. The molecule has 0 saturated heterocycles. The van der Waals surface area contributed by atoms with Gasteiger partial charge in [-0.05, 0) is 56.7 Å². The highest BCUT2D eigenvalue weighted by Crippen LogP contribution is 2.22. The van der Waals surface area contributed by atoms with E-state index in [0.29, 0.717) is 12.2 Å². The Morgan fingerprint density at radius 3 is 2.68 bits per heavy atom. The first-order valence-corrected chi connectivity index (χ1v) is 8.72. The predicted octanol–water partition coefficient (Wildman–Crippen LogP) is 1.72. The largest absolute Gasteiger partial charge is 0.351 e. The number of benzene rings is 1. The molecule has 2 heterocycles. The molecule has 1 aliphatic heterocycles. The van der Waals surface area contributed by atoms with Crippen LogP contribution in [-0.2, 0) is 13.0 Å². The Labute approximate surface area is 148 Å². The van der Waals surface area contributed by atoms with Gasteiger partial charge in [0.05, 0.1) is 0 Å². The Morgan fingerprint density at radius 1 is 1.16 bits per heavy atom. The molecular formula is C19H25N5O. The van der Waals surface area contributed by atoms with Gasteiger partial charge in [0.1, 0.15) is 0 Å². The van der Waals surface area contributed by atoms with Crippen molar-refractivity contribution in [1.29, 1.82) is 0 Å². The second-order valence-corrected chi connectivity index (χ2v) is 6.63. The van der Waals surface area contributed by atoms with Gasteiger partial charge in [0.2, 0.25) is 0 Å². The highest BCUT2D eigenvalue weighted by molar-refractivity contribution is 5.92. The Balaban J connectivity index is 1.56. The molecule has 1 aromatic carbocycles. The van der Waals surface area contributed by atoms with Crippen LogP contribution in [-0.4, -0.2) is 54.7 Å². The minimum absolute atomic E-state index is 0.165. The molecule has 1 amide bonds. The maximum Gasteiger partial charge on any atom is 0.271 e. The maximum absolute atomic E-state index is 12.1. The molecular weight excluding hydrogens is 314 g/mol. The van der Waals surface area contributed by atoms with Crippen molar-refractivity contribution in [3.05, 3.63) is 53.2 Å². The average molecular weight is 339 g/mol. The van der Waals surface area contributed by atoms with Crippen LogP contribution in [0.3, 0.4) is 0 Å². The van der Waals surface area contributed by atoms with Gasteiger partial charge in [-0.2, -0.15) is 0 Å². The number of amides is 1. The molecule has 3 rings (SSSR count). The Morgan fingerprint density at radius 2 is 1.96 bits per heavy atom. The lowest BCUT2D eigenvalue weighted by Crippen LogP contribution is -2.32. The zero-order valence-corrected chi connectivity index (χ0v) is 14.9. The van der Waals surface area contributed by atoms with Gasteiger partial charge in [-0.1, -0.05) is 24.3 Å². The number of nitrogens with zero attached hydrogens (tertiary/aromatic N) is 4. The van der Waals surface area contributed by atoms with E-state index in [2.05, 4.69) is 49.6 Å².